The van der Waals surface area contributed by atoms with Crippen LogP contribution in [0.5, 0.6) is 0 Å². The lowest BCUT2D eigenvalue weighted by molar-refractivity contribution is -0.219. The molecule has 6 heteroatoms. The highest BCUT2D eigenvalue weighted by atomic mass is 19.4. The van der Waals surface area contributed by atoms with Gasteiger partial charge in [-0.3, -0.25) is 0 Å². The highest BCUT2D eigenvalue weighted by Gasteiger charge is 2.39. The van der Waals surface area contributed by atoms with E-state index < -0.39 is 17.8 Å². The molecule has 2 unspecified atom stereocenters. The molecule has 0 bridgehead atoms. The number of ether oxygens (including phenoxy) is 1. The predicted octanol–water partition coefficient (Wildman–Crippen LogP) is 1.46. The molecule has 1 aliphatic carbocycles. The molecule has 0 aromatic rings. The molecule has 1 aliphatic rings. The van der Waals surface area contributed by atoms with Crippen molar-refractivity contribution in [2.24, 2.45) is 0 Å². The Hall–Kier alpha value is -0.330. The van der Waals surface area contributed by atoms with Crippen molar-refractivity contribution in [2.45, 2.75) is 50.6 Å². The van der Waals surface area contributed by atoms with E-state index in [1.165, 1.54) is 0 Å². The molecule has 0 radical (unpaired) electrons. The molecule has 16 heavy (non-hydrogen) atoms. The van der Waals surface area contributed by atoms with Crippen LogP contribution in [0.3, 0.4) is 0 Å². The highest BCUT2D eigenvalue weighted by molar-refractivity contribution is 4.92. The van der Waals surface area contributed by atoms with E-state index in [-0.39, 0.29) is 13.2 Å². The first-order chi connectivity index (χ1) is 7.27. The molecular weight excluding hydrogens is 223 g/mol. The zero-order valence-electron chi connectivity index (χ0n) is 9.47. The van der Waals surface area contributed by atoms with Crippen LogP contribution in [0.15, 0.2) is 0 Å². The van der Waals surface area contributed by atoms with Crippen molar-refractivity contribution in [2.75, 3.05) is 13.2 Å². The summed E-state index contributed by atoms with van der Waals surface area (Å²) in [5, 5.41) is 12.2. The van der Waals surface area contributed by atoms with Gasteiger partial charge in [0.15, 0.2) is 6.10 Å². The van der Waals surface area contributed by atoms with Gasteiger partial charge >= 0.3 is 6.18 Å². The molecule has 0 spiro atoms. The zero-order valence-corrected chi connectivity index (χ0v) is 9.47. The van der Waals surface area contributed by atoms with Crippen LogP contribution in [0.1, 0.15) is 26.7 Å². The Balaban J connectivity index is 2.37. The van der Waals surface area contributed by atoms with Gasteiger partial charge in [-0.1, -0.05) is 0 Å². The molecule has 2 N–H and O–H groups in total. The highest BCUT2D eigenvalue weighted by Crippen LogP contribution is 2.25. The number of aliphatic hydroxyl groups is 1. The summed E-state index contributed by atoms with van der Waals surface area (Å²) in [5.74, 6) is 0. The van der Waals surface area contributed by atoms with E-state index in [1.807, 2.05) is 0 Å². The summed E-state index contributed by atoms with van der Waals surface area (Å²) in [5.41, 5.74) is -0.791. The maximum absolute atomic E-state index is 12.2. The number of hydrogen-bond donors (Lipinski definition) is 2. The number of rotatable bonds is 6. The largest absolute Gasteiger partial charge is 0.414 e. The zero-order chi connectivity index (χ0) is 12.4. The van der Waals surface area contributed by atoms with Crippen molar-refractivity contribution in [1.82, 2.24) is 5.32 Å². The number of nitrogens with one attached hydrogen (secondary N) is 1. The molecule has 2 atom stereocenters. The van der Waals surface area contributed by atoms with Gasteiger partial charge in [-0.2, -0.15) is 13.2 Å². The third-order valence-electron chi connectivity index (χ3n) is 2.59. The molecule has 3 nitrogen and oxygen atoms in total. The molecule has 1 rings (SSSR count). The van der Waals surface area contributed by atoms with Gasteiger partial charge in [0, 0.05) is 6.04 Å². The summed E-state index contributed by atoms with van der Waals surface area (Å²) >= 11 is 0. The lowest BCUT2D eigenvalue weighted by Gasteiger charge is -2.30. The van der Waals surface area contributed by atoms with Crippen molar-refractivity contribution < 1.29 is 23.0 Å². The lowest BCUT2D eigenvalue weighted by Crippen LogP contribution is -2.52. The van der Waals surface area contributed by atoms with Crippen LogP contribution in [-0.2, 0) is 4.74 Å². The van der Waals surface area contributed by atoms with E-state index in [0.717, 1.165) is 19.8 Å². The summed E-state index contributed by atoms with van der Waals surface area (Å²) in [6, 6.07) is 0.307. The third-order valence-corrected chi connectivity index (χ3v) is 2.59. The molecular formula is C10H18F3NO2. The van der Waals surface area contributed by atoms with E-state index >= 15 is 0 Å². The molecule has 1 saturated carbocycles. The minimum atomic E-state index is -4.35. The van der Waals surface area contributed by atoms with Crippen LogP contribution in [0.4, 0.5) is 13.2 Å². The second-order valence-electron chi connectivity index (χ2n) is 4.63. The second-order valence-corrected chi connectivity index (χ2v) is 4.63. The lowest BCUT2D eigenvalue weighted by atomic mass is 10.1. The van der Waals surface area contributed by atoms with Crippen molar-refractivity contribution in [1.29, 1.82) is 0 Å². The summed E-state index contributed by atoms with van der Waals surface area (Å²) in [6.45, 7) is 2.23. The Morgan fingerprint density at radius 3 is 2.38 bits per heavy atom. The Bertz CT molecular complexity index is 231. The van der Waals surface area contributed by atoms with E-state index in [4.69, 9.17) is 9.84 Å². The van der Waals surface area contributed by atoms with Crippen LogP contribution in [0.2, 0.25) is 0 Å². The Morgan fingerprint density at radius 2 is 2.00 bits per heavy atom. The maximum Gasteiger partial charge on any atom is 0.414 e. The van der Waals surface area contributed by atoms with Crippen LogP contribution >= 0.6 is 0 Å². The van der Waals surface area contributed by atoms with E-state index in [0.29, 0.717) is 6.04 Å². The van der Waals surface area contributed by atoms with Gasteiger partial charge in [0.25, 0.3) is 0 Å². The molecule has 0 saturated heterocycles. The molecule has 96 valence electrons. The fraction of sp³-hybridized carbons (Fsp3) is 1.00. The minimum Gasteiger partial charge on any atom is -0.394 e. The average Bonchev–Trinajstić information content (AvgIpc) is 2.96. The Labute approximate surface area is 93.0 Å². The number of halogens is 3. The fourth-order valence-electron chi connectivity index (χ4n) is 1.26. The van der Waals surface area contributed by atoms with E-state index in [2.05, 4.69) is 5.32 Å². The SMILES string of the molecule is CC(OCC(C)(CO)NC1CC1)C(F)(F)F. The standard InChI is InChI=1S/C10H18F3NO2/c1-7(10(11,12)13)16-6-9(2,5-15)14-8-3-4-8/h7-8,14-15H,3-6H2,1-2H3. The predicted molar refractivity (Wildman–Crippen MR) is 53.1 cm³/mol. The van der Waals surface area contributed by atoms with Gasteiger partial charge in [-0.05, 0) is 26.7 Å². The summed E-state index contributed by atoms with van der Waals surface area (Å²) in [4.78, 5) is 0. The van der Waals surface area contributed by atoms with Gasteiger partial charge in [-0.25, -0.2) is 0 Å². The number of alkyl halides is 3. The average molecular weight is 241 g/mol. The summed E-state index contributed by atoms with van der Waals surface area (Å²) < 4.78 is 41.3. The van der Waals surface area contributed by atoms with Crippen molar-refractivity contribution in [3.63, 3.8) is 0 Å². The molecule has 0 aromatic carbocycles. The van der Waals surface area contributed by atoms with E-state index in [9.17, 15) is 13.2 Å². The summed E-state index contributed by atoms with van der Waals surface area (Å²) in [6.07, 6.45) is -4.15. The molecule has 0 amide bonds. The quantitative estimate of drug-likeness (QED) is 0.739. The molecule has 0 heterocycles. The van der Waals surface area contributed by atoms with Crippen LogP contribution in [-0.4, -0.2) is 42.2 Å². The van der Waals surface area contributed by atoms with Crippen molar-refractivity contribution >= 4 is 0 Å². The first-order valence-electron chi connectivity index (χ1n) is 5.34. The van der Waals surface area contributed by atoms with Gasteiger partial charge in [-0.15, -0.1) is 0 Å². The fourth-order valence-corrected chi connectivity index (χ4v) is 1.26. The number of hydrogen-bond acceptors (Lipinski definition) is 3. The van der Waals surface area contributed by atoms with Crippen molar-refractivity contribution in [3.8, 4) is 0 Å². The molecule has 1 fully saturated rings. The van der Waals surface area contributed by atoms with Crippen LogP contribution < -0.4 is 5.32 Å². The monoisotopic (exact) mass is 241 g/mol. The minimum absolute atomic E-state index is 0.152. The second kappa shape index (κ2) is 4.89. The maximum atomic E-state index is 12.2. The normalized spacial score (nSPS) is 22.9. The van der Waals surface area contributed by atoms with Gasteiger partial charge < -0.3 is 15.2 Å². The van der Waals surface area contributed by atoms with Gasteiger partial charge in [0.05, 0.1) is 18.8 Å². The summed E-state index contributed by atoms with van der Waals surface area (Å²) in [7, 11) is 0. The van der Waals surface area contributed by atoms with Crippen LogP contribution in [0, 0.1) is 0 Å². The smallest absolute Gasteiger partial charge is 0.394 e. The van der Waals surface area contributed by atoms with Crippen LogP contribution in [0.25, 0.3) is 0 Å². The third kappa shape index (κ3) is 4.27. The van der Waals surface area contributed by atoms with Gasteiger partial charge in [0.1, 0.15) is 0 Å². The Morgan fingerprint density at radius 1 is 1.44 bits per heavy atom. The molecule has 0 aliphatic heterocycles. The van der Waals surface area contributed by atoms with Crippen molar-refractivity contribution in [3.05, 3.63) is 0 Å². The number of aliphatic hydroxyl groups excluding tert-OH is 1. The van der Waals surface area contributed by atoms with E-state index in [1.54, 1.807) is 6.92 Å². The Kier molecular flexibility index (Phi) is 4.20. The topological polar surface area (TPSA) is 41.5 Å². The first-order valence-corrected chi connectivity index (χ1v) is 5.34. The first kappa shape index (κ1) is 13.7. The van der Waals surface area contributed by atoms with Gasteiger partial charge in [0.2, 0.25) is 0 Å². The molecule has 0 aromatic heterocycles.